The van der Waals surface area contributed by atoms with Gasteiger partial charge >= 0.3 is 6.03 Å². The van der Waals surface area contributed by atoms with Crippen LogP contribution >= 0.6 is 11.3 Å². The molecule has 0 fully saturated rings. The average Bonchev–Trinajstić information content (AvgIpc) is 3.20. The zero-order valence-corrected chi connectivity index (χ0v) is 19.9. The van der Waals surface area contributed by atoms with Gasteiger partial charge in [-0.3, -0.25) is 9.78 Å². The molecule has 3 aromatic rings. The van der Waals surface area contributed by atoms with Crippen LogP contribution in [0.1, 0.15) is 46.5 Å². The van der Waals surface area contributed by atoms with E-state index < -0.39 is 0 Å². The van der Waals surface area contributed by atoms with Gasteiger partial charge < -0.3 is 15.5 Å². The van der Waals surface area contributed by atoms with Gasteiger partial charge in [-0.05, 0) is 35.6 Å². The zero-order chi connectivity index (χ0) is 23.9. The second kappa shape index (κ2) is 10.9. The molecule has 0 radical (unpaired) electrons. The molecular weight excluding hydrogens is 446 g/mol. The fourth-order valence-corrected chi connectivity index (χ4v) is 5.32. The molecule has 34 heavy (non-hydrogen) atoms. The molecule has 0 spiro atoms. The number of nitrogens with zero attached hydrogens (tertiary/aromatic N) is 3. The highest BCUT2D eigenvalue weighted by molar-refractivity contribution is 7.16. The Morgan fingerprint density at radius 2 is 2.00 bits per heavy atom. The fourth-order valence-electron chi connectivity index (χ4n) is 4.09. The Hall–Kier alpha value is -3.70. The van der Waals surface area contributed by atoms with Gasteiger partial charge in [0.2, 0.25) is 5.91 Å². The molecule has 0 saturated carbocycles. The number of nitriles is 1. The SMILES string of the molecule is CC(CC(=O)Nc1sc2c(c1C#N)CCN(C(=O)NCCc1ccccn1)C2)c1ccccc1. The van der Waals surface area contributed by atoms with Crippen molar-refractivity contribution in [2.24, 2.45) is 0 Å². The van der Waals surface area contributed by atoms with E-state index in [2.05, 4.69) is 21.7 Å². The Bertz CT molecular complexity index is 1190. The van der Waals surface area contributed by atoms with Crippen molar-refractivity contribution in [1.82, 2.24) is 15.2 Å². The van der Waals surface area contributed by atoms with Crippen molar-refractivity contribution in [3.8, 4) is 6.07 Å². The summed E-state index contributed by atoms with van der Waals surface area (Å²) < 4.78 is 0. The highest BCUT2D eigenvalue weighted by Gasteiger charge is 2.27. The number of hydrogen-bond donors (Lipinski definition) is 2. The highest BCUT2D eigenvalue weighted by atomic mass is 32.1. The van der Waals surface area contributed by atoms with E-state index in [0.717, 1.165) is 21.7 Å². The maximum Gasteiger partial charge on any atom is 0.317 e. The number of fused-ring (bicyclic) bond motifs is 1. The van der Waals surface area contributed by atoms with Gasteiger partial charge in [0.15, 0.2) is 0 Å². The Balaban J connectivity index is 1.35. The summed E-state index contributed by atoms with van der Waals surface area (Å²) in [5.41, 5.74) is 3.50. The molecule has 3 amide bonds. The standard InChI is InChI=1S/C26H27N5O2S/c1-18(19-7-3-2-4-8-19)15-24(32)30-25-22(16-27)21-11-14-31(17-23(21)34-25)26(33)29-13-10-20-9-5-6-12-28-20/h2-9,12,18H,10-11,13-15,17H2,1H3,(H,29,33)(H,30,32). The first-order valence-corrected chi connectivity index (χ1v) is 12.2. The molecule has 3 heterocycles. The van der Waals surface area contributed by atoms with Gasteiger partial charge in [0.25, 0.3) is 0 Å². The van der Waals surface area contributed by atoms with Gasteiger partial charge in [-0.15, -0.1) is 11.3 Å². The maximum atomic E-state index is 12.7. The van der Waals surface area contributed by atoms with E-state index in [1.807, 2.05) is 55.5 Å². The van der Waals surface area contributed by atoms with E-state index in [9.17, 15) is 14.9 Å². The van der Waals surface area contributed by atoms with E-state index >= 15 is 0 Å². The monoisotopic (exact) mass is 473 g/mol. The number of pyridine rings is 1. The summed E-state index contributed by atoms with van der Waals surface area (Å²) in [5, 5.41) is 16.2. The average molecular weight is 474 g/mol. The van der Waals surface area contributed by atoms with Gasteiger partial charge in [0.1, 0.15) is 11.1 Å². The molecule has 174 valence electrons. The molecule has 7 nitrogen and oxygen atoms in total. The van der Waals surface area contributed by atoms with E-state index in [-0.39, 0.29) is 17.9 Å². The molecule has 2 N–H and O–H groups in total. The molecule has 0 aliphatic carbocycles. The number of urea groups is 1. The molecule has 1 aromatic carbocycles. The predicted molar refractivity (Wildman–Crippen MR) is 133 cm³/mol. The molecule has 1 aliphatic heterocycles. The Morgan fingerprint density at radius 1 is 1.21 bits per heavy atom. The summed E-state index contributed by atoms with van der Waals surface area (Å²) in [6.45, 7) is 3.49. The normalized spacial score (nSPS) is 13.5. The molecule has 1 unspecified atom stereocenters. The Labute approximate surface area is 203 Å². The first kappa shape index (κ1) is 23.5. The van der Waals surface area contributed by atoms with Crippen molar-refractivity contribution in [2.45, 2.75) is 38.6 Å². The molecule has 4 rings (SSSR count). The van der Waals surface area contributed by atoms with Crippen LogP contribution in [0.4, 0.5) is 9.80 Å². The number of aromatic nitrogens is 1. The summed E-state index contributed by atoms with van der Waals surface area (Å²) in [4.78, 5) is 32.3. The van der Waals surface area contributed by atoms with E-state index in [4.69, 9.17) is 0 Å². The van der Waals surface area contributed by atoms with Crippen LogP contribution in [0.15, 0.2) is 54.7 Å². The highest BCUT2D eigenvalue weighted by Crippen LogP contribution is 2.37. The minimum atomic E-state index is -0.129. The van der Waals surface area contributed by atoms with E-state index in [1.54, 1.807) is 11.1 Å². The third kappa shape index (κ3) is 5.61. The molecule has 1 atom stereocenters. The fraction of sp³-hybridized carbons (Fsp3) is 0.308. The number of rotatable bonds is 7. The summed E-state index contributed by atoms with van der Waals surface area (Å²) in [6.07, 6.45) is 3.34. The first-order valence-electron chi connectivity index (χ1n) is 11.4. The zero-order valence-electron chi connectivity index (χ0n) is 19.1. The van der Waals surface area contributed by atoms with E-state index in [1.165, 1.54) is 11.3 Å². The van der Waals surface area contributed by atoms with Crippen LogP contribution in [-0.4, -0.2) is 34.9 Å². The number of carbonyl (C=O) groups is 2. The number of nitrogens with one attached hydrogen (secondary N) is 2. The lowest BCUT2D eigenvalue weighted by atomic mass is 9.97. The quantitative estimate of drug-likeness (QED) is 0.529. The molecular formula is C26H27N5O2S. The molecule has 1 aliphatic rings. The molecule has 2 aromatic heterocycles. The van der Waals surface area contributed by atoms with Crippen LogP contribution in [0.25, 0.3) is 0 Å². The first-order chi connectivity index (χ1) is 16.5. The van der Waals surface area contributed by atoms with Crippen LogP contribution < -0.4 is 10.6 Å². The molecule has 8 heteroatoms. The van der Waals surface area contributed by atoms with Gasteiger partial charge in [0, 0.05) is 42.7 Å². The largest absolute Gasteiger partial charge is 0.338 e. The lowest BCUT2D eigenvalue weighted by molar-refractivity contribution is -0.116. The van der Waals surface area contributed by atoms with Gasteiger partial charge in [-0.2, -0.15) is 5.26 Å². The van der Waals surface area contributed by atoms with Crippen LogP contribution in [0.3, 0.4) is 0 Å². The number of thiophene rings is 1. The minimum Gasteiger partial charge on any atom is -0.338 e. The third-order valence-corrected chi connectivity index (χ3v) is 7.08. The summed E-state index contributed by atoms with van der Waals surface area (Å²) in [6, 6.07) is 17.8. The molecule has 0 saturated heterocycles. The van der Waals surface area contributed by atoms with Crippen molar-refractivity contribution in [3.63, 3.8) is 0 Å². The molecule has 0 bridgehead atoms. The third-order valence-electron chi connectivity index (χ3n) is 5.95. The van der Waals surface area contributed by atoms with E-state index in [0.29, 0.717) is 49.5 Å². The lowest BCUT2D eigenvalue weighted by Crippen LogP contribution is -2.43. The Kier molecular flexibility index (Phi) is 7.55. The number of hydrogen-bond acceptors (Lipinski definition) is 5. The lowest BCUT2D eigenvalue weighted by Gasteiger charge is -2.27. The topological polar surface area (TPSA) is 98.1 Å². The smallest absolute Gasteiger partial charge is 0.317 e. The number of benzene rings is 1. The minimum absolute atomic E-state index is 0.0756. The van der Waals surface area contributed by atoms with Crippen LogP contribution in [-0.2, 0) is 24.2 Å². The maximum absolute atomic E-state index is 12.7. The van der Waals surface area contributed by atoms with Crippen molar-refractivity contribution in [3.05, 3.63) is 82.0 Å². The number of carbonyl (C=O) groups excluding carboxylic acids is 2. The summed E-state index contributed by atoms with van der Waals surface area (Å²) >= 11 is 1.39. The van der Waals surface area contributed by atoms with Crippen molar-refractivity contribution < 1.29 is 9.59 Å². The second-order valence-corrected chi connectivity index (χ2v) is 9.46. The number of amides is 3. The number of anilines is 1. The van der Waals surface area contributed by atoms with Crippen LogP contribution in [0.5, 0.6) is 0 Å². The second-order valence-electron chi connectivity index (χ2n) is 8.36. The summed E-state index contributed by atoms with van der Waals surface area (Å²) in [5.74, 6) is -0.0397. The van der Waals surface area contributed by atoms with Gasteiger partial charge in [-0.25, -0.2) is 4.79 Å². The van der Waals surface area contributed by atoms with Crippen molar-refractivity contribution >= 4 is 28.3 Å². The van der Waals surface area contributed by atoms with Gasteiger partial charge in [0.05, 0.1) is 12.1 Å². The summed E-state index contributed by atoms with van der Waals surface area (Å²) in [7, 11) is 0. The van der Waals surface area contributed by atoms with Crippen molar-refractivity contribution in [1.29, 1.82) is 5.26 Å². The van der Waals surface area contributed by atoms with Crippen LogP contribution in [0, 0.1) is 11.3 Å². The predicted octanol–water partition coefficient (Wildman–Crippen LogP) is 4.46. The van der Waals surface area contributed by atoms with Crippen LogP contribution in [0.2, 0.25) is 0 Å². The van der Waals surface area contributed by atoms with Gasteiger partial charge in [-0.1, -0.05) is 43.3 Å². The van der Waals surface area contributed by atoms with Crippen molar-refractivity contribution in [2.75, 3.05) is 18.4 Å². The Morgan fingerprint density at radius 3 is 2.74 bits per heavy atom.